The Bertz CT molecular complexity index is 228. The minimum absolute atomic E-state index is 0.329. The zero-order valence-corrected chi connectivity index (χ0v) is 8.35. The van der Waals surface area contributed by atoms with Crippen molar-refractivity contribution in [1.82, 2.24) is 9.80 Å². The van der Waals surface area contributed by atoms with Gasteiger partial charge in [0, 0.05) is 25.7 Å². The number of nitrogens with zero attached hydrogens (tertiary/aromatic N) is 2. The van der Waals surface area contributed by atoms with Crippen LogP contribution in [0.2, 0.25) is 0 Å². The highest BCUT2D eigenvalue weighted by Crippen LogP contribution is 2.18. The Hall–Kier alpha value is -0.650. The number of rotatable bonds is 2. The van der Waals surface area contributed by atoms with Crippen molar-refractivity contribution in [2.45, 2.75) is 12.1 Å². The Morgan fingerprint density at radius 3 is 2.79 bits per heavy atom. The van der Waals surface area contributed by atoms with Crippen LogP contribution in [-0.2, 0) is 9.53 Å². The van der Waals surface area contributed by atoms with E-state index in [-0.39, 0.29) is 0 Å². The second-order valence-electron chi connectivity index (χ2n) is 4.04. The lowest BCUT2D eigenvalue weighted by molar-refractivity contribution is -0.154. The van der Waals surface area contributed by atoms with Crippen molar-refractivity contribution in [3.63, 3.8) is 0 Å². The summed E-state index contributed by atoms with van der Waals surface area (Å²) in [6, 6.07) is -0.0348. The van der Waals surface area contributed by atoms with Gasteiger partial charge in [0.2, 0.25) is 0 Å². The molecule has 5 nitrogen and oxygen atoms in total. The fourth-order valence-electron chi connectivity index (χ4n) is 2.14. The highest BCUT2D eigenvalue weighted by atomic mass is 16.5. The van der Waals surface area contributed by atoms with E-state index in [4.69, 9.17) is 9.84 Å². The molecule has 14 heavy (non-hydrogen) atoms. The van der Waals surface area contributed by atoms with Crippen LogP contribution < -0.4 is 0 Å². The Morgan fingerprint density at radius 1 is 1.50 bits per heavy atom. The molecule has 0 aromatic heterocycles. The third-order valence-electron chi connectivity index (χ3n) is 2.97. The second kappa shape index (κ2) is 3.84. The first-order valence-corrected chi connectivity index (χ1v) is 4.93. The van der Waals surface area contributed by atoms with Crippen LogP contribution in [0.5, 0.6) is 0 Å². The average molecular weight is 200 g/mol. The number of aliphatic carboxylic acids is 1. The first kappa shape index (κ1) is 9.89. The molecule has 0 saturated carbocycles. The Kier molecular flexibility index (Phi) is 2.71. The van der Waals surface area contributed by atoms with Crippen molar-refractivity contribution >= 4 is 5.97 Å². The lowest BCUT2D eigenvalue weighted by Crippen LogP contribution is -2.64. The second-order valence-corrected chi connectivity index (χ2v) is 4.04. The number of likely N-dealkylation sites (tertiary alicyclic amines) is 1. The van der Waals surface area contributed by atoms with Crippen LogP contribution in [0.1, 0.15) is 0 Å². The van der Waals surface area contributed by atoms with Crippen LogP contribution in [0.15, 0.2) is 0 Å². The lowest BCUT2D eigenvalue weighted by Gasteiger charge is -2.47. The van der Waals surface area contributed by atoms with E-state index in [1.165, 1.54) is 0 Å². The van der Waals surface area contributed by atoms with Gasteiger partial charge in [-0.15, -0.1) is 0 Å². The van der Waals surface area contributed by atoms with Crippen LogP contribution >= 0.6 is 0 Å². The van der Waals surface area contributed by atoms with E-state index in [1.54, 1.807) is 0 Å². The molecule has 1 atom stereocenters. The lowest BCUT2D eigenvalue weighted by atomic mass is 10.0. The van der Waals surface area contributed by atoms with Crippen LogP contribution in [-0.4, -0.2) is 72.9 Å². The molecule has 0 bridgehead atoms. The highest BCUT2D eigenvalue weighted by molar-refractivity contribution is 5.73. The fraction of sp³-hybridized carbons (Fsp3) is 0.889. The number of carbonyl (C=O) groups is 1. The minimum Gasteiger partial charge on any atom is -0.480 e. The first-order valence-electron chi connectivity index (χ1n) is 4.93. The molecule has 2 fully saturated rings. The molecular weight excluding hydrogens is 184 g/mol. The predicted molar refractivity (Wildman–Crippen MR) is 50.2 cm³/mol. The van der Waals surface area contributed by atoms with E-state index >= 15 is 0 Å². The maximum atomic E-state index is 11.0. The van der Waals surface area contributed by atoms with Gasteiger partial charge in [-0.25, -0.2) is 0 Å². The summed E-state index contributed by atoms with van der Waals surface area (Å²) in [6.07, 6.45) is 0. The van der Waals surface area contributed by atoms with Gasteiger partial charge in [-0.3, -0.25) is 9.69 Å². The summed E-state index contributed by atoms with van der Waals surface area (Å²) < 4.78 is 5.18. The van der Waals surface area contributed by atoms with E-state index in [2.05, 4.69) is 9.80 Å². The average Bonchev–Trinajstić information content (AvgIpc) is 2.13. The van der Waals surface area contributed by atoms with E-state index in [1.807, 2.05) is 7.05 Å². The molecule has 0 aliphatic carbocycles. The van der Waals surface area contributed by atoms with Crippen LogP contribution in [0.25, 0.3) is 0 Å². The molecule has 2 rings (SSSR count). The van der Waals surface area contributed by atoms with Crippen molar-refractivity contribution in [3.05, 3.63) is 0 Å². The SMILES string of the molecule is CN1CC(N2CCOCC2C(=O)O)C1. The Morgan fingerprint density at radius 2 is 2.21 bits per heavy atom. The van der Waals surface area contributed by atoms with Crippen molar-refractivity contribution < 1.29 is 14.6 Å². The molecule has 0 aromatic carbocycles. The van der Waals surface area contributed by atoms with Gasteiger partial charge in [0.25, 0.3) is 0 Å². The summed E-state index contributed by atoms with van der Waals surface area (Å²) in [5.41, 5.74) is 0. The van der Waals surface area contributed by atoms with Gasteiger partial charge in [0.05, 0.1) is 13.2 Å². The standard InChI is InChI=1S/C9H16N2O3/c1-10-4-7(5-10)11-2-3-14-6-8(11)9(12)13/h7-8H,2-6H2,1H3,(H,12,13). The van der Waals surface area contributed by atoms with Crippen molar-refractivity contribution in [2.24, 2.45) is 0 Å². The van der Waals surface area contributed by atoms with Gasteiger partial charge < -0.3 is 14.7 Å². The molecule has 0 aromatic rings. The summed E-state index contributed by atoms with van der Waals surface area (Å²) >= 11 is 0. The number of carboxylic acids is 1. The maximum absolute atomic E-state index is 11.0. The van der Waals surface area contributed by atoms with Gasteiger partial charge in [-0.1, -0.05) is 0 Å². The van der Waals surface area contributed by atoms with Gasteiger partial charge in [0.15, 0.2) is 0 Å². The quantitative estimate of drug-likeness (QED) is 0.625. The molecule has 0 spiro atoms. The normalized spacial score (nSPS) is 31.4. The zero-order valence-electron chi connectivity index (χ0n) is 8.35. The maximum Gasteiger partial charge on any atom is 0.323 e. The largest absolute Gasteiger partial charge is 0.480 e. The molecule has 2 aliphatic heterocycles. The van der Waals surface area contributed by atoms with Gasteiger partial charge in [0.1, 0.15) is 6.04 Å². The van der Waals surface area contributed by atoms with E-state index in [9.17, 15) is 4.79 Å². The predicted octanol–water partition coefficient (Wildman–Crippen LogP) is -0.914. The molecule has 0 radical (unpaired) electrons. The van der Waals surface area contributed by atoms with Crippen molar-refractivity contribution in [3.8, 4) is 0 Å². The van der Waals surface area contributed by atoms with Gasteiger partial charge in [-0.2, -0.15) is 0 Å². The summed E-state index contributed by atoms with van der Waals surface area (Å²) in [5, 5.41) is 9.01. The summed E-state index contributed by atoms with van der Waals surface area (Å²) in [4.78, 5) is 15.2. The van der Waals surface area contributed by atoms with Crippen LogP contribution in [0.4, 0.5) is 0 Å². The Balaban J connectivity index is 1.96. The molecule has 2 heterocycles. The number of hydrogen-bond acceptors (Lipinski definition) is 4. The summed E-state index contributed by atoms with van der Waals surface area (Å²) in [6.45, 7) is 3.68. The number of morpholine rings is 1. The third-order valence-corrected chi connectivity index (χ3v) is 2.97. The van der Waals surface area contributed by atoms with Crippen LogP contribution in [0.3, 0.4) is 0 Å². The van der Waals surface area contributed by atoms with E-state index in [0.717, 1.165) is 19.6 Å². The summed E-state index contributed by atoms with van der Waals surface area (Å²) in [5.74, 6) is -0.765. The number of likely N-dealkylation sites (N-methyl/N-ethyl adjacent to an activating group) is 1. The van der Waals surface area contributed by atoms with Gasteiger partial charge >= 0.3 is 5.97 Å². The third kappa shape index (κ3) is 1.75. The Labute approximate surface area is 83.2 Å². The molecular formula is C9H16N2O3. The number of hydrogen-bond donors (Lipinski definition) is 1. The van der Waals surface area contributed by atoms with E-state index in [0.29, 0.717) is 19.3 Å². The molecule has 1 unspecified atom stereocenters. The molecule has 5 heteroatoms. The molecule has 1 N–H and O–H groups in total. The van der Waals surface area contributed by atoms with E-state index < -0.39 is 12.0 Å². The van der Waals surface area contributed by atoms with Crippen molar-refractivity contribution in [2.75, 3.05) is 39.9 Å². The topological polar surface area (TPSA) is 53.0 Å². The monoisotopic (exact) mass is 200 g/mol. The fourth-order valence-corrected chi connectivity index (χ4v) is 2.14. The molecule has 2 aliphatic rings. The zero-order chi connectivity index (χ0) is 10.1. The van der Waals surface area contributed by atoms with Crippen LogP contribution in [0, 0.1) is 0 Å². The van der Waals surface area contributed by atoms with Crippen molar-refractivity contribution in [1.29, 1.82) is 0 Å². The summed E-state index contributed by atoms with van der Waals surface area (Å²) in [7, 11) is 2.05. The molecule has 0 amide bonds. The number of ether oxygens (including phenoxy) is 1. The first-order chi connectivity index (χ1) is 6.68. The van der Waals surface area contributed by atoms with Gasteiger partial charge in [-0.05, 0) is 7.05 Å². The number of carboxylic acid groups (broad SMARTS) is 1. The molecule has 2 saturated heterocycles. The highest BCUT2D eigenvalue weighted by Gasteiger charge is 2.38. The minimum atomic E-state index is -0.765. The molecule has 80 valence electrons. The smallest absolute Gasteiger partial charge is 0.323 e.